The predicted octanol–water partition coefficient (Wildman–Crippen LogP) is 4.03. The quantitative estimate of drug-likeness (QED) is 0.811. The molecule has 1 saturated heterocycles. The molecule has 0 unspecified atom stereocenters. The van der Waals surface area contributed by atoms with Gasteiger partial charge in [-0.15, -0.1) is 0 Å². The molecule has 3 nitrogen and oxygen atoms in total. The Balaban J connectivity index is 1.79. The highest BCUT2D eigenvalue weighted by molar-refractivity contribution is 5.61. The van der Waals surface area contributed by atoms with E-state index in [0.29, 0.717) is 23.5 Å². The van der Waals surface area contributed by atoms with Gasteiger partial charge in [0.05, 0.1) is 7.11 Å². The van der Waals surface area contributed by atoms with Crippen LogP contribution in [0.25, 0.3) is 0 Å². The average Bonchev–Trinajstić information content (AvgIpc) is 2.89. The van der Waals surface area contributed by atoms with Gasteiger partial charge in [0, 0.05) is 17.0 Å². The zero-order chi connectivity index (χ0) is 17.6. The maximum Gasteiger partial charge on any atom is 0.165 e. The molecule has 3 heteroatoms. The minimum Gasteiger partial charge on any atom is -0.493 e. The third-order valence-electron chi connectivity index (χ3n) is 8.20. The topological polar surface area (TPSA) is 21.7 Å². The van der Waals surface area contributed by atoms with E-state index in [9.17, 15) is 0 Å². The Hall–Kier alpha value is -1.22. The zero-order valence-electron chi connectivity index (χ0n) is 16.3. The fourth-order valence-electron chi connectivity index (χ4n) is 7.23. The van der Waals surface area contributed by atoms with Gasteiger partial charge in [-0.3, -0.25) is 0 Å². The molecule has 2 fully saturated rings. The van der Waals surface area contributed by atoms with E-state index >= 15 is 0 Å². The van der Waals surface area contributed by atoms with E-state index in [0.717, 1.165) is 30.3 Å². The minimum absolute atomic E-state index is 0.213. The van der Waals surface area contributed by atoms with Crippen LogP contribution in [-0.4, -0.2) is 37.7 Å². The molecule has 1 saturated carbocycles. The molecule has 1 aromatic carbocycles. The van der Waals surface area contributed by atoms with Crippen LogP contribution < -0.4 is 9.47 Å². The Morgan fingerprint density at radius 1 is 1.32 bits per heavy atom. The van der Waals surface area contributed by atoms with E-state index in [1.165, 1.54) is 30.5 Å². The second-order valence-corrected chi connectivity index (χ2v) is 9.51. The van der Waals surface area contributed by atoms with E-state index in [-0.39, 0.29) is 5.41 Å². The van der Waals surface area contributed by atoms with Gasteiger partial charge in [0.2, 0.25) is 0 Å². The normalized spacial score (nSPS) is 40.4. The molecule has 5 atom stereocenters. The van der Waals surface area contributed by atoms with Crippen LogP contribution in [-0.2, 0) is 11.8 Å². The second-order valence-electron chi connectivity index (χ2n) is 9.51. The smallest absolute Gasteiger partial charge is 0.165 e. The number of rotatable bonds is 2. The molecule has 1 aromatic rings. The molecule has 4 aliphatic rings. The Labute approximate surface area is 151 Å². The van der Waals surface area contributed by atoms with Crippen molar-refractivity contribution in [3.8, 4) is 11.5 Å². The van der Waals surface area contributed by atoms with Crippen LogP contribution in [0.1, 0.15) is 51.2 Å². The van der Waals surface area contributed by atoms with Crippen molar-refractivity contribution >= 4 is 0 Å². The first-order valence-corrected chi connectivity index (χ1v) is 10.0. The van der Waals surface area contributed by atoms with Crippen molar-refractivity contribution in [2.45, 2.75) is 64.0 Å². The lowest BCUT2D eigenvalue weighted by Crippen LogP contribution is -2.68. The van der Waals surface area contributed by atoms with Crippen LogP contribution in [0.15, 0.2) is 12.1 Å². The first-order valence-electron chi connectivity index (χ1n) is 10.0. The summed E-state index contributed by atoms with van der Waals surface area (Å²) < 4.78 is 12.4. The SMILES string of the molecule is CC[C@@H]1[C@H]2[C@H]3Cc4ccc(OC)c5c4[C@@]2(CCN3C)[C@H](CC1(C)C)O5. The molecule has 0 N–H and O–H groups in total. The lowest BCUT2D eigenvalue weighted by atomic mass is 9.44. The molecule has 2 aliphatic heterocycles. The number of likely N-dealkylation sites (N-methyl/N-ethyl adjacent to an activating group) is 1. The highest BCUT2D eigenvalue weighted by Gasteiger charge is 2.68. The van der Waals surface area contributed by atoms with Crippen molar-refractivity contribution in [1.82, 2.24) is 4.90 Å². The first-order chi connectivity index (χ1) is 11.9. The molecule has 2 bridgehead atoms. The van der Waals surface area contributed by atoms with Gasteiger partial charge >= 0.3 is 0 Å². The van der Waals surface area contributed by atoms with Gasteiger partial charge in [-0.2, -0.15) is 0 Å². The van der Waals surface area contributed by atoms with Crippen LogP contribution in [0.4, 0.5) is 0 Å². The van der Waals surface area contributed by atoms with Crippen LogP contribution in [0, 0.1) is 17.3 Å². The number of piperidine rings is 1. The summed E-state index contributed by atoms with van der Waals surface area (Å²) in [6.45, 7) is 8.54. The summed E-state index contributed by atoms with van der Waals surface area (Å²) in [4.78, 5) is 2.64. The third kappa shape index (κ3) is 1.76. The summed E-state index contributed by atoms with van der Waals surface area (Å²) in [5, 5.41) is 0. The molecule has 0 radical (unpaired) electrons. The van der Waals surface area contributed by atoms with Gasteiger partial charge in [-0.05, 0) is 61.7 Å². The zero-order valence-corrected chi connectivity index (χ0v) is 16.3. The van der Waals surface area contributed by atoms with Gasteiger partial charge < -0.3 is 14.4 Å². The number of hydrogen-bond acceptors (Lipinski definition) is 3. The summed E-state index contributed by atoms with van der Waals surface area (Å²) >= 11 is 0. The number of methoxy groups -OCH3 is 1. The number of hydrogen-bond donors (Lipinski definition) is 0. The molecule has 1 spiro atoms. The summed E-state index contributed by atoms with van der Waals surface area (Å²) in [7, 11) is 4.11. The van der Waals surface area contributed by atoms with Crippen LogP contribution in [0.5, 0.6) is 11.5 Å². The lowest BCUT2D eigenvalue weighted by Gasteiger charge is -2.63. The molecule has 0 aromatic heterocycles. The molecule has 25 heavy (non-hydrogen) atoms. The van der Waals surface area contributed by atoms with Crippen molar-refractivity contribution in [3.63, 3.8) is 0 Å². The third-order valence-corrected chi connectivity index (χ3v) is 8.20. The standard InChI is InChI=1S/C22H31NO2/c1-6-14-19-15-11-13-7-8-16(24-5)20-18(13)22(19,9-10-23(15)4)17(25-20)12-21(14,2)3/h7-8,14-15,17,19H,6,9-12H2,1-5H3/t14-,15-,17+,19+,22-/m1/s1. The van der Waals surface area contributed by atoms with Gasteiger partial charge in [0.1, 0.15) is 6.10 Å². The molecular formula is C22H31NO2. The first kappa shape index (κ1) is 16.0. The van der Waals surface area contributed by atoms with Crippen molar-refractivity contribution in [2.24, 2.45) is 17.3 Å². The maximum absolute atomic E-state index is 6.72. The number of nitrogens with zero attached hydrogens (tertiary/aromatic N) is 1. The van der Waals surface area contributed by atoms with Gasteiger partial charge in [-0.25, -0.2) is 0 Å². The van der Waals surface area contributed by atoms with E-state index < -0.39 is 0 Å². The van der Waals surface area contributed by atoms with E-state index in [1.54, 1.807) is 7.11 Å². The van der Waals surface area contributed by atoms with Crippen LogP contribution in [0.2, 0.25) is 0 Å². The maximum atomic E-state index is 6.72. The molecule has 2 aliphatic carbocycles. The summed E-state index contributed by atoms with van der Waals surface area (Å²) in [5.41, 5.74) is 3.59. The minimum atomic E-state index is 0.213. The van der Waals surface area contributed by atoms with Gasteiger partial charge in [0.25, 0.3) is 0 Å². The summed E-state index contributed by atoms with van der Waals surface area (Å²) in [6.07, 6.45) is 5.14. The van der Waals surface area contributed by atoms with Crippen molar-refractivity contribution < 1.29 is 9.47 Å². The Kier molecular flexibility index (Phi) is 3.16. The van der Waals surface area contributed by atoms with Crippen LogP contribution in [0.3, 0.4) is 0 Å². The van der Waals surface area contributed by atoms with Crippen molar-refractivity contribution in [2.75, 3.05) is 20.7 Å². The average molecular weight is 341 g/mol. The van der Waals surface area contributed by atoms with Crippen molar-refractivity contribution in [3.05, 3.63) is 23.3 Å². The fraction of sp³-hybridized carbons (Fsp3) is 0.727. The fourth-order valence-corrected chi connectivity index (χ4v) is 7.23. The Morgan fingerprint density at radius 2 is 2.12 bits per heavy atom. The highest BCUT2D eigenvalue weighted by atomic mass is 16.5. The molecule has 5 rings (SSSR count). The second kappa shape index (κ2) is 4.94. The molecule has 0 amide bonds. The number of likely N-dealkylation sites (tertiary alicyclic amines) is 1. The van der Waals surface area contributed by atoms with Gasteiger partial charge in [-0.1, -0.05) is 33.3 Å². The number of ether oxygens (including phenoxy) is 2. The Morgan fingerprint density at radius 3 is 2.84 bits per heavy atom. The summed E-state index contributed by atoms with van der Waals surface area (Å²) in [6, 6.07) is 5.09. The Bertz CT molecular complexity index is 727. The van der Waals surface area contributed by atoms with E-state index in [4.69, 9.17) is 9.47 Å². The van der Waals surface area contributed by atoms with Gasteiger partial charge in [0.15, 0.2) is 11.5 Å². The monoisotopic (exact) mass is 341 g/mol. The number of benzene rings is 1. The predicted molar refractivity (Wildman–Crippen MR) is 99.5 cm³/mol. The largest absolute Gasteiger partial charge is 0.493 e. The highest BCUT2D eigenvalue weighted by Crippen LogP contribution is 2.68. The lowest BCUT2D eigenvalue weighted by molar-refractivity contribution is -0.122. The van der Waals surface area contributed by atoms with Crippen molar-refractivity contribution in [1.29, 1.82) is 0 Å². The molecular weight excluding hydrogens is 310 g/mol. The van der Waals surface area contributed by atoms with Crippen LogP contribution >= 0.6 is 0 Å². The molecule has 2 heterocycles. The van der Waals surface area contributed by atoms with E-state index in [1.807, 2.05) is 0 Å². The van der Waals surface area contributed by atoms with E-state index in [2.05, 4.69) is 44.9 Å². The molecule has 136 valence electrons. The summed E-state index contributed by atoms with van der Waals surface area (Å²) in [5.74, 6) is 3.46.